The number of hydrogen-bond donors (Lipinski definition) is 1. The number of nitrogens with one attached hydrogen (secondary N) is 1. The van der Waals surface area contributed by atoms with Gasteiger partial charge in [-0.2, -0.15) is 0 Å². The summed E-state index contributed by atoms with van der Waals surface area (Å²) in [6, 6.07) is 2.08. The third-order valence-corrected chi connectivity index (χ3v) is 2.43. The molecular weight excluding hydrogens is 229 g/mol. The van der Waals surface area contributed by atoms with Crippen molar-refractivity contribution >= 4 is 16.6 Å². The molecule has 0 amide bonds. The Morgan fingerprint density at radius 1 is 1.24 bits per heavy atom. The minimum Gasteiger partial charge on any atom is -0.384 e. The van der Waals surface area contributed by atoms with E-state index < -0.39 is 17.5 Å². The Morgan fingerprint density at radius 3 is 2.71 bits per heavy atom. The van der Waals surface area contributed by atoms with Crippen molar-refractivity contribution in [3.63, 3.8) is 0 Å². The number of benzene rings is 1. The molecule has 0 saturated heterocycles. The molecule has 0 unspecified atom stereocenters. The third-order valence-electron chi connectivity index (χ3n) is 2.43. The topological polar surface area (TPSA) is 24.9 Å². The number of nitrogens with zero attached hydrogens (tertiary/aromatic N) is 1. The van der Waals surface area contributed by atoms with Crippen molar-refractivity contribution in [1.29, 1.82) is 0 Å². The van der Waals surface area contributed by atoms with Crippen molar-refractivity contribution in [3.8, 4) is 0 Å². The number of hydrogen-bond acceptors (Lipinski definition) is 2. The monoisotopic (exact) mass is 240 g/mol. The maximum Gasteiger partial charge on any atom is 0.185 e. The number of rotatable bonds is 3. The predicted molar refractivity (Wildman–Crippen MR) is 60.4 cm³/mol. The summed E-state index contributed by atoms with van der Waals surface area (Å²) in [5.74, 6) is -3.16. The molecule has 2 rings (SSSR count). The molecule has 0 saturated carbocycles. The summed E-state index contributed by atoms with van der Waals surface area (Å²) >= 11 is 0. The van der Waals surface area contributed by atoms with Gasteiger partial charge in [0.05, 0.1) is 5.39 Å². The number of aromatic nitrogens is 1. The predicted octanol–water partition coefficient (Wildman–Crippen LogP) is 3.47. The largest absolute Gasteiger partial charge is 0.384 e. The lowest BCUT2D eigenvalue weighted by Gasteiger charge is -2.09. The lowest BCUT2D eigenvalue weighted by Crippen LogP contribution is -2.03. The van der Waals surface area contributed by atoms with Crippen LogP contribution >= 0.6 is 0 Å². The van der Waals surface area contributed by atoms with Crippen LogP contribution in [-0.4, -0.2) is 11.5 Å². The molecule has 1 heterocycles. The molecular formula is C12H11F3N2. The fraction of sp³-hybridized carbons (Fsp3) is 0.250. The van der Waals surface area contributed by atoms with Gasteiger partial charge < -0.3 is 5.32 Å². The van der Waals surface area contributed by atoms with E-state index in [9.17, 15) is 13.2 Å². The van der Waals surface area contributed by atoms with Gasteiger partial charge in [0.25, 0.3) is 0 Å². The van der Waals surface area contributed by atoms with Gasteiger partial charge in [0.1, 0.15) is 11.3 Å². The van der Waals surface area contributed by atoms with Gasteiger partial charge in [-0.25, -0.2) is 13.2 Å². The minimum absolute atomic E-state index is 0.0140. The molecule has 5 heteroatoms. The standard InChI is InChI=1S/C12H11F3N2/c1-2-4-16-9-3-5-17-12-10(9)7(13)6-8(14)11(12)15/h3,5-6H,2,4H2,1H3,(H,16,17). The lowest BCUT2D eigenvalue weighted by atomic mass is 10.1. The number of halogens is 3. The van der Waals surface area contributed by atoms with Gasteiger partial charge in [-0.15, -0.1) is 0 Å². The first-order valence-electron chi connectivity index (χ1n) is 5.31. The summed E-state index contributed by atoms with van der Waals surface area (Å²) in [6.45, 7) is 2.57. The molecule has 0 spiro atoms. The first-order chi connectivity index (χ1) is 8.15. The maximum atomic E-state index is 13.6. The second kappa shape index (κ2) is 4.61. The van der Waals surface area contributed by atoms with Crippen LogP contribution in [0.1, 0.15) is 13.3 Å². The normalized spacial score (nSPS) is 10.8. The van der Waals surface area contributed by atoms with Crippen LogP contribution in [0.2, 0.25) is 0 Å². The van der Waals surface area contributed by atoms with Crippen molar-refractivity contribution < 1.29 is 13.2 Å². The van der Waals surface area contributed by atoms with Crippen LogP contribution in [-0.2, 0) is 0 Å². The molecule has 0 bridgehead atoms. The van der Waals surface area contributed by atoms with Gasteiger partial charge in [0.2, 0.25) is 0 Å². The molecule has 1 N–H and O–H groups in total. The Morgan fingerprint density at radius 2 is 2.00 bits per heavy atom. The van der Waals surface area contributed by atoms with E-state index >= 15 is 0 Å². The molecule has 0 aliphatic heterocycles. The highest BCUT2D eigenvalue weighted by Crippen LogP contribution is 2.28. The molecule has 0 radical (unpaired) electrons. The van der Waals surface area contributed by atoms with E-state index in [-0.39, 0.29) is 10.9 Å². The summed E-state index contributed by atoms with van der Waals surface area (Å²) in [6.07, 6.45) is 2.16. The highest BCUT2D eigenvalue weighted by atomic mass is 19.2. The molecule has 2 nitrogen and oxygen atoms in total. The summed E-state index contributed by atoms with van der Waals surface area (Å²) < 4.78 is 40.1. The second-order valence-corrected chi connectivity index (χ2v) is 3.66. The van der Waals surface area contributed by atoms with Crippen molar-refractivity contribution in [2.75, 3.05) is 11.9 Å². The molecule has 17 heavy (non-hydrogen) atoms. The molecule has 0 aliphatic carbocycles. The molecule has 2 aromatic rings. The number of fused-ring (bicyclic) bond motifs is 1. The Hall–Kier alpha value is -1.78. The highest BCUT2D eigenvalue weighted by Gasteiger charge is 2.15. The Kier molecular flexibility index (Phi) is 3.17. The zero-order valence-corrected chi connectivity index (χ0v) is 9.23. The summed E-state index contributed by atoms with van der Waals surface area (Å²) in [7, 11) is 0. The molecule has 0 aliphatic rings. The Bertz CT molecular complexity index is 555. The van der Waals surface area contributed by atoms with Crippen LogP contribution in [0, 0.1) is 17.5 Å². The Balaban J connectivity index is 2.67. The third kappa shape index (κ3) is 2.05. The fourth-order valence-corrected chi connectivity index (χ4v) is 1.64. The molecule has 90 valence electrons. The minimum atomic E-state index is -1.23. The fourth-order valence-electron chi connectivity index (χ4n) is 1.64. The summed E-state index contributed by atoms with van der Waals surface area (Å²) in [5, 5.41) is 2.94. The van der Waals surface area contributed by atoms with E-state index in [0.717, 1.165) is 6.42 Å². The average molecular weight is 240 g/mol. The first kappa shape index (κ1) is 11.7. The van der Waals surface area contributed by atoms with E-state index in [1.165, 1.54) is 6.20 Å². The van der Waals surface area contributed by atoms with Gasteiger partial charge in [0.15, 0.2) is 11.6 Å². The van der Waals surface area contributed by atoms with Gasteiger partial charge in [-0.05, 0) is 12.5 Å². The van der Waals surface area contributed by atoms with Crippen molar-refractivity contribution in [3.05, 3.63) is 35.8 Å². The Labute approximate surface area is 96.5 Å². The van der Waals surface area contributed by atoms with Crippen molar-refractivity contribution in [1.82, 2.24) is 4.98 Å². The van der Waals surface area contributed by atoms with Gasteiger partial charge >= 0.3 is 0 Å². The van der Waals surface area contributed by atoms with E-state index in [1.807, 2.05) is 6.92 Å². The molecule has 1 aromatic carbocycles. The quantitative estimate of drug-likeness (QED) is 0.831. The van der Waals surface area contributed by atoms with Crippen molar-refractivity contribution in [2.45, 2.75) is 13.3 Å². The zero-order valence-electron chi connectivity index (χ0n) is 9.23. The van der Waals surface area contributed by atoms with E-state index in [0.29, 0.717) is 18.3 Å². The van der Waals surface area contributed by atoms with Gasteiger partial charge in [-0.1, -0.05) is 6.92 Å². The summed E-state index contributed by atoms with van der Waals surface area (Å²) in [4.78, 5) is 3.68. The number of pyridine rings is 1. The van der Waals surface area contributed by atoms with E-state index in [2.05, 4.69) is 10.3 Å². The molecule has 0 fully saturated rings. The highest BCUT2D eigenvalue weighted by molar-refractivity contribution is 5.91. The van der Waals surface area contributed by atoms with Crippen LogP contribution in [0.3, 0.4) is 0 Å². The smallest absolute Gasteiger partial charge is 0.185 e. The van der Waals surface area contributed by atoms with Gasteiger partial charge in [0, 0.05) is 24.5 Å². The number of anilines is 1. The summed E-state index contributed by atoms with van der Waals surface area (Å²) in [5.41, 5.74) is 0.136. The average Bonchev–Trinajstić information content (AvgIpc) is 2.33. The molecule has 1 aromatic heterocycles. The van der Waals surface area contributed by atoms with Crippen molar-refractivity contribution in [2.24, 2.45) is 0 Å². The zero-order chi connectivity index (χ0) is 12.4. The SMILES string of the molecule is CCCNc1ccnc2c(F)c(F)cc(F)c12. The van der Waals surface area contributed by atoms with Crippen LogP contribution < -0.4 is 5.32 Å². The lowest BCUT2D eigenvalue weighted by molar-refractivity contribution is 0.504. The van der Waals surface area contributed by atoms with Gasteiger partial charge in [-0.3, -0.25) is 4.98 Å². The molecule has 0 atom stereocenters. The second-order valence-electron chi connectivity index (χ2n) is 3.66. The first-order valence-corrected chi connectivity index (χ1v) is 5.31. The van der Waals surface area contributed by atoms with Crippen LogP contribution in [0.25, 0.3) is 10.9 Å². The van der Waals surface area contributed by atoms with Crippen LogP contribution in [0.4, 0.5) is 18.9 Å². The maximum absolute atomic E-state index is 13.6. The van der Waals surface area contributed by atoms with E-state index in [1.54, 1.807) is 6.07 Å². The van der Waals surface area contributed by atoms with E-state index in [4.69, 9.17) is 0 Å². The van der Waals surface area contributed by atoms with Crippen LogP contribution in [0.5, 0.6) is 0 Å². The van der Waals surface area contributed by atoms with Crippen LogP contribution in [0.15, 0.2) is 18.3 Å².